The summed E-state index contributed by atoms with van der Waals surface area (Å²) in [6.45, 7) is 0. The highest BCUT2D eigenvalue weighted by Crippen LogP contribution is 2.20. The average molecular weight is 386 g/mol. The number of nitrogens with zero attached hydrogens (tertiary/aromatic N) is 2. The molecule has 0 bridgehead atoms. The van der Waals surface area contributed by atoms with Crippen LogP contribution in [0.5, 0.6) is 5.75 Å². The standard InChI is InChI=1S/C22H14N2O3S/c1-27-17-9-7-14(8-10-17)11-19-21(26)24-18(12-16(13-23)22(24)28-19)20(25)15-5-3-2-4-6-15/h2-12H,1H3/b19-11+. The second-order valence-corrected chi connectivity index (χ2v) is 7.11. The highest BCUT2D eigenvalue weighted by Gasteiger charge is 2.20. The molecule has 0 aliphatic rings. The zero-order valence-corrected chi connectivity index (χ0v) is 15.7. The first-order valence-corrected chi connectivity index (χ1v) is 9.28. The third-order valence-electron chi connectivity index (χ3n) is 4.38. The van der Waals surface area contributed by atoms with Crippen LogP contribution in [0.15, 0.2) is 65.5 Å². The number of aromatic nitrogens is 1. The fourth-order valence-corrected chi connectivity index (χ4v) is 4.05. The maximum Gasteiger partial charge on any atom is 0.273 e. The monoisotopic (exact) mass is 386 g/mol. The number of nitriles is 1. The van der Waals surface area contributed by atoms with Crippen molar-refractivity contribution in [3.05, 3.63) is 97.9 Å². The van der Waals surface area contributed by atoms with Crippen LogP contribution in [0.25, 0.3) is 10.9 Å². The molecular formula is C22H14N2O3S. The Kier molecular flexibility index (Phi) is 4.52. The molecule has 2 aromatic carbocycles. The second kappa shape index (κ2) is 7.14. The first kappa shape index (κ1) is 17.7. The smallest absolute Gasteiger partial charge is 0.273 e. The van der Waals surface area contributed by atoms with Gasteiger partial charge in [-0.3, -0.25) is 14.0 Å². The molecule has 0 atom stereocenters. The molecule has 0 aliphatic carbocycles. The highest BCUT2D eigenvalue weighted by molar-refractivity contribution is 7.15. The third kappa shape index (κ3) is 2.98. The van der Waals surface area contributed by atoms with Crippen molar-refractivity contribution >= 4 is 28.0 Å². The SMILES string of the molecule is COc1ccc(/C=c2/sc3c(C#N)cc(C(=O)c4ccccc4)n3c2=O)cc1. The summed E-state index contributed by atoms with van der Waals surface area (Å²) < 4.78 is 6.94. The van der Waals surface area contributed by atoms with Crippen LogP contribution in [0.2, 0.25) is 0 Å². The number of ketones is 1. The molecule has 0 N–H and O–H groups in total. The van der Waals surface area contributed by atoms with Crippen LogP contribution in [-0.2, 0) is 0 Å². The summed E-state index contributed by atoms with van der Waals surface area (Å²) in [4.78, 5) is 26.4. The van der Waals surface area contributed by atoms with Gasteiger partial charge in [0, 0.05) is 5.56 Å². The van der Waals surface area contributed by atoms with Gasteiger partial charge in [-0.05, 0) is 29.8 Å². The summed E-state index contributed by atoms with van der Waals surface area (Å²) in [6.07, 6.45) is 1.75. The van der Waals surface area contributed by atoms with E-state index in [9.17, 15) is 14.9 Å². The number of benzene rings is 2. The lowest BCUT2D eigenvalue weighted by atomic mass is 10.1. The Balaban J connectivity index is 1.90. The van der Waals surface area contributed by atoms with Crippen molar-refractivity contribution in [3.8, 4) is 11.8 Å². The molecule has 0 aliphatic heterocycles. The topological polar surface area (TPSA) is 71.6 Å². The van der Waals surface area contributed by atoms with Crippen molar-refractivity contribution in [1.82, 2.24) is 4.40 Å². The van der Waals surface area contributed by atoms with Crippen LogP contribution in [0.3, 0.4) is 0 Å². The van der Waals surface area contributed by atoms with E-state index in [1.165, 1.54) is 21.8 Å². The van der Waals surface area contributed by atoms with Gasteiger partial charge < -0.3 is 4.74 Å². The van der Waals surface area contributed by atoms with Crippen molar-refractivity contribution in [2.75, 3.05) is 7.11 Å². The predicted molar refractivity (Wildman–Crippen MR) is 108 cm³/mol. The lowest BCUT2D eigenvalue weighted by molar-refractivity contribution is 0.103. The van der Waals surface area contributed by atoms with Crippen LogP contribution < -0.4 is 14.8 Å². The maximum absolute atomic E-state index is 13.0. The summed E-state index contributed by atoms with van der Waals surface area (Å²) in [7, 11) is 1.59. The lowest BCUT2D eigenvalue weighted by Crippen LogP contribution is -2.25. The molecule has 136 valence electrons. The van der Waals surface area contributed by atoms with Crippen molar-refractivity contribution in [3.63, 3.8) is 0 Å². The number of hydrogen-bond donors (Lipinski definition) is 0. The first-order valence-electron chi connectivity index (χ1n) is 8.46. The van der Waals surface area contributed by atoms with Gasteiger partial charge in [-0.15, -0.1) is 11.3 Å². The second-order valence-electron chi connectivity index (χ2n) is 6.08. The lowest BCUT2D eigenvalue weighted by Gasteiger charge is -1.99. The summed E-state index contributed by atoms with van der Waals surface area (Å²) in [6, 6.07) is 19.6. The van der Waals surface area contributed by atoms with Crippen LogP contribution in [-0.4, -0.2) is 17.3 Å². The fraction of sp³-hybridized carbons (Fsp3) is 0.0455. The summed E-state index contributed by atoms with van der Waals surface area (Å²) in [5, 5.41) is 9.45. The van der Waals surface area contributed by atoms with E-state index in [4.69, 9.17) is 4.74 Å². The number of thiazole rings is 1. The molecule has 0 unspecified atom stereocenters. The number of ether oxygens (including phenoxy) is 1. The number of methoxy groups -OCH3 is 1. The zero-order valence-electron chi connectivity index (χ0n) is 14.9. The number of fused-ring (bicyclic) bond motifs is 1. The van der Waals surface area contributed by atoms with Crippen LogP contribution in [0.1, 0.15) is 27.2 Å². The molecule has 0 spiro atoms. The summed E-state index contributed by atoms with van der Waals surface area (Å²) in [5.41, 5.74) is 1.51. The minimum Gasteiger partial charge on any atom is -0.497 e. The first-order chi connectivity index (χ1) is 13.6. The molecular weight excluding hydrogens is 372 g/mol. The quantitative estimate of drug-likeness (QED) is 0.506. The summed E-state index contributed by atoms with van der Waals surface area (Å²) in [5.74, 6) is 0.435. The van der Waals surface area contributed by atoms with Gasteiger partial charge in [-0.2, -0.15) is 5.26 Å². The molecule has 6 heteroatoms. The number of hydrogen-bond acceptors (Lipinski definition) is 5. The van der Waals surface area contributed by atoms with Crippen LogP contribution in [0, 0.1) is 11.3 Å². The van der Waals surface area contributed by atoms with Gasteiger partial charge in [0.25, 0.3) is 5.56 Å². The molecule has 28 heavy (non-hydrogen) atoms. The van der Waals surface area contributed by atoms with Crippen molar-refractivity contribution in [2.24, 2.45) is 0 Å². The van der Waals surface area contributed by atoms with E-state index < -0.39 is 0 Å². The largest absolute Gasteiger partial charge is 0.497 e. The third-order valence-corrected chi connectivity index (χ3v) is 5.49. The van der Waals surface area contributed by atoms with Crippen LogP contribution in [0.4, 0.5) is 0 Å². The average Bonchev–Trinajstić information content (AvgIpc) is 3.26. The molecule has 0 saturated heterocycles. The number of rotatable bonds is 4. The molecule has 2 heterocycles. The predicted octanol–water partition coefficient (Wildman–Crippen LogP) is 3.02. The molecule has 4 aromatic rings. The summed E-state index contributed by atoms with van der Waals surface area (Å²) >= 11 is 1.20. The fourth-order valence-electron chi connectivity index (χ4n) is 2.98. The molecule has 4 rings (SSSR count). The minimum atomic E-state index is -0.309. The van der Waals surface area contributed by atoms with Gasteiger partial charge in [0.2, 0.25) is 5.78 Å². The highest BCUT2D eigenvalue weighted by atomic mass is 32.1. The van der Waals surface area contributed by atoms with Gasteiger partial charge >= 0.3 is 0 Å². The molecule has 2 aromatic heterocycles. The molecule has 0 fully saturated rings. The molecule has 5 nitrogen and oxygen atoms in total. The Labute approximate surface area is 164 Å². The van der Waals surface area contributed by atoms with Crippen LogP contribution >= 0.6 is 11.3 Å². The van der Waals surface area contributed by atoms with Crippen molar-refractivity contribution < 1.29 is 9.53 Å². The Hall–Kier alpha value is -3.69. The van der Waals surface area contributed by atoms with Crippen molar-refractivity contribution in [2.45, 2.75) is 0 Å². The van der Waals surface area contributed by atoms with Gasteiger partial charge in [-0.1, -0.05) is 42.5 Å². The van der Waals surface area contributed by atoms with E-state index in [-0.39, 0.29) is 17.0 Å². The van der Waals surface area contributed by atoms with Gasteiger partial charge in [0.05, 0.1) is 22.9 Å². The Morgan fingerprint density at radius 2 is 1.86 bits per heavy atom. The molecule has 0 amide bonds. The van der Waals surface area contributed by atoms with Gasteiger partial charge in [0.15, 0.2) is 0 Å². The maximum atomic E-state index is 13.0. The Morgan fingerprint density at radius 1 is 1.14 bits per heavy atom. The van der Waals surface area contributed by atoms with Gasteiger partial charge in [-0.25, -0.2) is 0 Å². The zero-order chi connectivity index (χ0) is 19.7. The normalized spacial score (nSPS) is 11.5. The van der Waals surface area contributed by atoms with E-state index in [1.54, 1.807) is 37.5 Å². The van der Waals surface area contributed by atoms with E-state index >= 15 is 0 Å². The van der Waals surface area contributed by atoms with E-state index in [1.807, 2.05) is 30.3 Å². The van der Waals surface area contributed by atoms with Gasteiger partial charge in [0.1, 0.15) is 16.6 Å². The van der Waals surface area contributed by atoms with E-state index in [2.05, 4.69) is 6.07 Å². The minimum absolute atomic E-state index is 0.202. The molecule has 0 radical (unpaired) electrons. The molecule has 0 saturated carbocycles. The number of carbonyl (C=O) groups is 1. The van der Waals surface area contributed by atoms with E-state index in [0.717, 1.165) is 11.3 Å². The Morgan fingerprint density at radius 3 is 2.50 bits per heavy atom. The Bertz CT molecular complexity index is 1330. The van der Waals surface area contributed by atoms with Crippen molar-refractivity contribution in [1.29, 1.82) is 5.26 Å². The number of carbonyl (C=O) groups excluding carboxylic acids is 1. The van der Waals surface area contributed by atoms with E-state index in [0.29, 0.717) is 20.5 Å².